The Bertz CT molecular complexity index is 1340. The lowest BCUT2D eigenvalue weighted by Gasteiger charge is -2.25. The molecular formula is C24H21Cl2F3N2O4S. The second kappa shape index (κ2) is 11.4. The summed E-state index contributed by atoms with van der Waals surface area (Å²) in [5, 5.41) is 2.74. The highest BCUT2D eigenvalue weighted by Crippen LogP contribution is 2.37. The van der Waals surface area contributed by atoms with Crippen LogP contribution in [0.2, 0.25) is 10.0 Å². The Hall–Kier alpha value is -2.95. The molecule has 0 aliphatic carbocycles. The van der Waals surface area contributed by atoms with Crippen molar-refractivity contribution in [3.8, 4) is 5.75 Å². The van der Waals surface area contributed by atoms with Crippen LogP contribution in [0.1, 0.15) is 11.1 Å². The molecular weight excluding hydrogens is 540 g/mol. The average molecular weight is 561 g/mol. The Morgan fingerprint density at radius 1 is 1.00 bits per heavy atom. The molecule has 3 rings (SSSR count). The zero-order valence-corrected chi connectivity index (χ0v) is 21.2. The number of benzene rings is 3. The Labute approximate surface area is 216 Å². The van der Waals surface area contributed by atoms with Gasteiger partial charge in [0.25, 0.3) is 10.0 Å². The molecule has 0 radical (unpaired) electrons. The number of carbonyl (C=O) groups excluding carboxylic acids is 1. The first-order valence-corrected chi connectivity index (χ1v) is 12.7. The monoisotopic (exact) mass is 560 g/mol. The summed E-state index contributed by atoms with van der Waals surface area (Å²) in [6.45, 7) is 1.06. The van der Waals surface area contributed by atoms with Crippen LogP contribution in [0.5, 0.6) is 5.75 Å². The number of rotatable bonds is 9. The molecule has 0 fully saturated rings. The summed E-state index contributed by atoms with van der Waals surface area (Å²) in [5.41, 5.74) is -0.720. The standard InChI is InChI=1S/C24H21Cl2F3N2O4S/c1-16-7-9-18(14-21(16)26)35-12-11-30-23(32)15-31(36(33,34)19-5-3-2-4-6-19)22-13-17(24(27,28)29)8-10-20(22)25/h2-10,13-14H,11-12,15H2,1H3,(H,30,32). The zero-order chi connectivity index (χ0) is 26.5. The predicted octanol–water partition coefficient (Wildman–Crippen LogP) is 5.71. The van der Waals surface area contributed by atoms with Crippen LogP contribution < -0.4 is 14.4 Å². The van der Waals surface area contributed by atoms with Crippen molar-refractivity contribution < 1.29 is 31.1 Å². The van der Waals surface area contributed by atoms with E-state index in [1.807, 2.05) is 6.92 Å². The van der Waals surface area contributed by atoms with Gasteiger partial charge in [-0.15, -0.1) is 0 Å². The number of alkyl halides is 3. The number of amides is 1. The lowest BCUT2D eigenvalue weighted by molar-refractivity contribution is -0.137. The van der Waals surface area contributed by atoms with E-state index in [9.17, 15) is 26.4 Å². The van der Waals surface area contributed by atoms with Crippen LogP contribution in [-0.2, 0) is 21.0 Å². The normalized spacial score (nSPS) is 11.7. The van der Waals surface area contributed by atoms with E-state index in [4.69, 9.17) is 27.9 Å². The molecule has 1 amide bonds. The molecule has 0 bridgehead atoms. The molecule has 192 valence electrons. The molecule has 3 aromatic rings. The number of aryl methyl sites for hydroxylation is 1. The molecule has 0 saturated carbocycles. The van der Waals surface area contributed by atoms with E-state index in [1.54, 1.807) is 24.3 Å². The van der Waals surface area contributed by atoms with E-state index in [1.165, 1.54) is 24.3 Å². The van der Waals surface area contributed by atoms with Crippen LogP contribution in [0.25, 0.3) is 0 Å². The van der Waals surface area contributed by atoms with Gasteiger partial charge in [0, 0.05) is 5.02 Å². The summed E-state index contributed by atoms with van der Waals surface area (Å²) in [5.74, 6) is -0.294. The van der Waals surface area contributed by atoms with Crippen LogP contribution in [0.4, 0.5) is 18.9 Å². The average Bonchev–Trinajstić information content (AvgIpc) is 2.83. The fraction of sp³-hybridized carbons (Fsp3) is 0.208. The van der Waals surface area contributed by atoms with Gasteiger partial charge in [0.2, 0.25) is 5.91 Å². The highest BCUT2D eigenvalue weighted by molar-refractivity contribution is 7.92. The summed E-state index contributed by atoms with van der Waals surface area (Å²) < 4.78 is 72.7. The van der Waals surface area contributed by atoms with Gasteiger partial charge in [-0.2, -0.15) is 13.2 Å². The zero-order valence-electron chi connectivity index (χ0n) is 18.9. The van der Waals surface area contributed by atoms with E-state index < -0.39 is 39.9 Å². The Morgan fingerprint density at radius 2 is 1.69 bits per heavy atom. The summed E-state index contributed by atoms with van der Waals surface area (Å²) in [7, 11) is -4.44. The topological polar surface area (TPSA) is 75.7 Å². The second-order valence-electron chi connectivity index (χ2n) is 7.60. The van der Waals surface area contributed by atoms with E-state index in [-0.39, 0.29) is 23.1 Å². The number of halogens is 5. The molecule has 0 aliphatic heterocycles. The lowest BCUT2D eigenvalue weighted by Crippen LogP contribution is -2.42. The van der Waals surface area contributed by atoms with Gasteiger partial charge in [-0.1, -0.05) is 47.5 Å². The van der Waals surface area contributed by atoms with E-state index >= 15 is 0 Å². The summed E-state index contributed by atoms with van der Waals surface area (Å²) in [4.78, 5) is 12.4. The second-order valence-corrected chi connectivity index (χ2v) is 10.3. The van der Waals surface area contributed by atoms with Gasteiger partial charge in [0.1, 0.15) is 18.9 Å². The van der Waals surface area contributed by atoms with Crippen molar-refractivity contribution in [3.05, 3.63) is 87.9 Å². The van der Waals surface area contributed by atoms with E-state index in [0.29, 0.717) is 21.1 Å². The van der Waals surface area contributed by atoms with Gasteiger partial charge in [0.15, 0.2) is 0 Å². The fourth-order valence-electron chi connectivity index (χ4n) is 3.11. The van der Waals surface area contributed by atoms with Gasteiger partial charge in [-0.25, -0.2) is 8.42 Å². The van der Waals surface area contributed by atoms with Crippen molar-refractivity contribution in [1.82, 2.24) is 5.32 Å². The third kappa shape index (κ3) is 6.83. The van der Waals surface area contributed by atoms with Crippen molar-refractivity contribution in [2.75, 3.05) is 24.0 Å². The summed E-state index contributed by atoms with van der Waals surface area (Å²) in [6, 6.07) is 14.4. The maximum Gasteiger partial charge on any atom is 0.416 e. The maximum atomic E-state index is 13.3. The highest BCUT2D eigenvalue weighted by atomic mass is 35.5. The van der Waals surface area contributed by atoms with Crippen LogP contribution in [0.15, 0.2) is 71.6 Å². The summed E-state index contributed by atoms with van der Waals surface area (Å²) >= 11 is 12.1. The molecule has 3 aromatic carbocycles. The molecule has 0 aliphatic rings. The van der Waals surface area contributed by atoms with Crippen LogP contribution in [-0.4, -0.2) is 34.0 Å². The molecule has 0 spiro atoms. The van der Waals surface area contributed by atoms with Gasteiger partial charge in [0.05, 0.1) is 27.7 Å². The Kier molecular flexibility index (Phi) is 8.76. The number of nitrogens with zero attached hydrogens (tertiary/aromatic N) is 1. The molecule has 0 unspecified atom stereocenters. The number of sulfonamides is 1. The van der Waals surface area contributed by atoms with Gasteiger partial charge >= 0.3 is 6.18 Å². The molecule has 0 saturated heterocycles. The number of hydrogen-bond acceptors (Lipinski definition) is 4. The predicted molar refractivity (Wildman–Crippen MR) is 132 cm³/mol. The van der Waals surface area contributed by atoms with Gasteiger partial charge < -0.3 is 10.1 Å². The largest absolute Gasteiger partial charge is 0.492 e. The highest BCUT2D eigenvalue weighted by Gasteiger charge is 2.34. The summed E-state index contributed by atoms with van der Waals surface area (Å²) in [6.07, 6.45) is -4.75. The van der Waals surface area contributed by atoms with Crippen molar-refractivity contribution in [3.63, 3.8) is 0 Å². The molecule has 1 N–H and O–H groups in total. The minimum absolute atomic E-state index is 0.000123. The van der Waals surface area contributed by atoms with Crippen molar-refractivity contribution >= 4 is 44.8 Å². The van der Waals surface area contributed by atoms with Crippen molar-refractivity contribution in [2.45, 2.75) is 18.0 Å². The van der Waals surface area contributed by atoms with Gasteiger partial charge in [-0.3, -0.25) is 9.10 Å². The third-order valence-corrected chi connectivity index (χ3v) is 7.50. The van der Waals surface area contributed by atoms with Crippen molar-refractivity contribution in [2.24, 2.45) is 0 Å². The molecule has 0 aromatic heterocycles. The van der Waals surface area contributed by atoms with Gasteiger partial charge in [-0.05, 0) is 55.0 Å². The number of carbonyl (C=O) groups is 1. The maximum absolute atomic E-state index is 13.3. The number of anilines is 1. The van der Waals surface area contributed by atoms with Crippen LogP contribution >= 0.6 is 23.2 Å². The number of hydrogen-bond donors (Lipinski definition) is 1. The molecule has 6 nitrogen and oxygen atoms in total. The first-order chi connectivity index (χ1) is 16.9. The minimum atomic E-state index is -4.75. The lowest BCUT2D eigenvalue weighted by atomic mass is 10.2. The number of nitrogens with one attached hydrogen (secondary N) is 1. The van der Waals surface area contributed by atoms with Crippen LogP contribution in [0.3, 0.4) is 0 Å². The molecule has 0 atom stereocenters. The molecule has 0 heterocycles. The first-order valence-electron chi connectivity index (χ1n) is 10.5. The smallest absolute Gasteiger partial charge is 0.416 e. The van der Waals surface area contributed by atoms with E-state index in [0.717, 1.165) is 17.7 Å². The molecule has 12 heteroatoms. The minimum Gasteiger partial charge on any atom is -0.492 e. The third-order valence-electron chi connectivity index (χ3n) is 5.00. The molecule has 36 heavy (non-hydrogen) atoms. The Morgan fingerprint density at radius 3 is 2.33 bits per heavy atom. The SMILES string of the molecule is Cc1ccc(OCCNC(=O)CN(c2cc(C(F)(F)F)ccc2Cl)S(=O)(=O)c2ccccc2)cc1Cl. The quantitative estimate of drug-likeness (QED) is 0.340. The van der Waals surface area contributed by atoms with E-state index in [2.05, 4.69) is 5.32 Å². The van der Waals surface area contributed by atoms with Crippen molar-refractivity contribution in [1.29, 1.82) is 0 Å². The number of ether oxygens (including phenoxy) is 1. The van der Waals surface area contributed by atoms with Crippen LogP contribution in [0, 0.1) is 6.92 Å². The fourth-order valence-corrected chi connectivity index (χ4v) is 5.00. The Balaban J connectivity index is 1.81. The first kappa shape index (κ1) is 27.6.